The van der Waals surface area contributed by atoms with Crippen molar-refractivity contribution < 1.29 is 17.9 Å². The highest BCUT2D eigenvalue weighted by molar-refractivity contribution is 7.90. The minimum atomic E-state index is -3.60. The van der Waals surface area contributed by atoms with Gasteiger partial charge in [-0.05, 0) is 42.4 Å². The fourth-order valence-corrected chi connectivity index (χ4v) is 3.44. The molecule has 1 aliphatic rings. The van der Waals surface area contributed by atoms with Gasteiger partial charge in [-0.2, -0.15) is 0 Å². The smallest absolute Gasteiger partial charge is 0.237 e. The Morgan fingerprint density at radius 3 is 2.67 bits per heavy atom. The molecule has 1 aliphatic carbocycles. The average Bonchev–Trinajstić information content (AvgIpc) is 2.44. The van der Waals surface area contributed by atoms with Crippen LogP contribution in [0.15, 0.2) is 18.2 Å². The molecule has 0 radical (unpaired) electrons. The first-order valence-electron chi connectivity index (χ1n) is 7.13. The van der Waals surface area contributed by atoms with Crippen LogP contribution in [0.1, 0.15) is 29.5 Å². The number of nitrogens with one attached hydrogen (secondary N) is 1. The molecular formula is C15H21NO4S. The van der Waals surface area contributed by atoms with E-state index in [0.29, 0.717) is 0 Å². The van der Waals surface area contributed by atoms with Crippen LogP contribution in [-0.2, 0) is 38.8 Å². The SMILES string of the molecule is COCCS(=O)(=O)NC(=O)Cc1ccc2c(c1)CCCC2. The van der Waals surface area contributed by atoms with E-state index in [1.54, 1.807) is 0 Å². The van der Waals surface area contributed by atoms with E-state index < -0.39 is 15.9 Å². The Labute approximate surface area is 125 Å². The Balaban J connectivity index is 1.96. The topological polar surface area (TPSA) is 72.5 Å². The fraction of sp³-hybridized carbons (Fsp3) is 0.533. The third kappa shape index (κ3) is 4.82. The molecule has 21 heavy (non-hydrogen) atoms. The quantitative estimate of drug-likeness (QED) is 0.857. The molecule has 0 aromatic heterocycles. The summed E-state index contributed by atoms with van der Waals surface area (Å²) in [5, 5.41) is 0. The van der Waals surface area contributed by atoms with Crippen LogP contribution in [0, 0.1) is 0 Å². The summed E-state index contributed by atoms with van der Waals surface area (Å²) in [7, 11) is -2.18. The predicted molar refractivity (Wildman–Crippen MR) is 80.6 cm³/mol. The minimum absolute atomic E-state index is 0.0709. The van der Waals surface area contributed by atoms with E-state index in [0.717, 1.165) is 18.4 Å². The summed E-state index contributed by atoms with van der Waals surface area (Å²) < 4.78 is 30.0. The van der Waals surface area contributed by atoms with E-state index >= 15 is 0 Å². The van der Waals surface area contributed by atoms with Gasteiger partial charge in [0.25, 0.3) is 0 Å². The van der Waals surface area contributed by atoms with Gasteiger partial charge >= 0.3 is 0 Å². The van der Waals surface area contributed by atoms with E-state index in [2.05, 4.69) is 10.8 Å². The monoisotopic (exact) mass is 311 g/mol. The first kappa shape index (κ1) is 16.0. The first-order valence-corrected chi connectivity index (χ1v) is 8.78. The molecule has 116 valence electrons. The van der Waals surface area contributed by atoms with Gasteiger partial charge in [0.2, 0.25) is 15.9 Å². The lowest BCUT2D eigenvalue weighted by atomic mass is 9.90. The number of aryl methyl sites for hydroxylation is 2. The lowest BCUT2D eigenvalue weighted by Gasteiger charge is -2.16. The molecule has 0 atom stereocenters. The number of methoxy groups -OCH3 is 1. The number of hydrogen-bond donors (Lipinski definition) is 1. The second-order valence-electron chi connectivity index (χ2n) is 5.32. The zero-order valence-electron chi connectivity index (χ0n) is 12.2. The van der Waals surface area contributed by atoms with Gasteiger partial charge in [-0.1, -0.05) is 18.2 Å². The Hall–Kier alpha value is -1.40. The molecule has 5 nitrogen and oxygen atoms in total. The molecule has 1 aromatic rings. The van der Waals surface area contributed by atoms with Crippen LogP contribution in [-0.4, -0.2) is 33.8 Å². The van der Waals surface area contributed by atoms with Gasteiger partial charge in [0.05, 0.1) is 18.8 Å². The molecular weight excluding hydrogens is 290 g/mol. The second-order valence-corrected chi connectivity index (χ2v) is 7.17. The molecule has 0 spiro atoms. The maximum Gasteiger partial charge on any atom is 0.237 e. The van der Waals surface area contributed by atoms with Crippen LogP contribution >= 0.6 is 0 Å². The minimum Gasteiger partial charge on any atom is -0.384 e. The lowest BCUT2D eigenvalue weighted by molar-refractivity contribution is -0.118. The van der Waals surface area contributed by atoms with Crippen molar-refractivity contribution in [3.63, 3.8) is 0 Å². The summed E-state index contributed by atoms with van der Waals surface area (Å²) in [5.41, 5.74) is 3.49. The van der Waals surface area contributed by atoms with E-state index in [1.165, 1.54) is 31.1 Å². The van der Waals surface area contributed by atoms with E-state index in [9.17, 15) is 13.2 Å². The number of carbonyl (C=O) groups excluding carboxylic acids is 1. The first-order chi connectivity index (χ1) is 10.00. The molecule has 0 aliphatic heterocycles. The van der Waals surface area contributed by atoms with Crippen LogP contribution in [0.5, 0.6) is 0 Å². The Bertz CT molecular complexity index is 610. The van der Waals surface area contributed by atoms with Crippen molar-refractivity contribution in [3.8, 4) is 0 Å². The highest BCUT2D eigenvalue weighted by atomic mass is 32.2. The van der Waals surface area contributed by atoms with Gasteiger partial charge in [-0.3, -0.25) is 9.52 Å². The van der Waals surface area contributed by atoms with Crippen LogP contribution in [0.3, 0.4) is 0 Å². The summed E-state index contributed by atoms with van der Waals surface area (Å²) in [4.78, 5) is 11.8. The normalized spacial score (nSPS) is 14.5. The second kappa shape index (κ2) is 7.04. The van der Waals surface area contributed by atoms with Gasteiger partial charge in [-0.15, -0.1) is 0 Å². The maximum atomic E-state index is 11.8. The van der Waals surface area contributed by atoms with Gasteiger partial charge in [0.1, 0.15) is 0 Å². The van der Waals surface area contributed by atoms with E-state index in [1.807, 2.05) is 12.1 Å². The lowest BCUT2D eigenvalue weighted by Crippen LogP contribution is -2.34. The molecule has 0 saturated carbocycles. The molecule has 0 bridgehead atoms. The molecule has 1 amide bonds. The van der Waals surface area contributed by atoms with Crippen molar-refractivity contribution in [1.82, 2.24) is 4.72 Å². The number of benzene rings is 1. The number of amides is 1. The summed E-state index contributed by atoms with van der Waals surface area (Å²) in [6.45, 7) is 0.0709. The standard InChI is InChI=1S/C15H21NO4S/c1-20-8-9-21(18,19)16-15(17)11-12-6-7-13-4-2-3-5-14(13)10-12/h6-7,10H,2-5,8-9,11H2,1H3,(H,16,17). The predicted octanol–water partition coefficient (Wildman–Crippen LogP) is 1.20. The number of hydrogen-bond acceptors (Lipinski definition) is 4. The van der Waals surface area contributed by atoms with E-state index in [4.69, 9.17) is 4.74 Å². The number of fused-ring (bicyclic) bond motifs is 1. The average molecular weight is 311 g/mol. The van der Waals surface area contributed by atoms with E-state index in [-0.39, 0.29) is 18.8 Å². The third-order valence-electron chi connectivity index (χ3n) is 3.60. The maximum absolute atomic E-state index is 11.8. The number of rotatable bonds is 6. The number of carbonyl (C=O) groups is 1. The van der Waals surface area contributed by atoms with Gasteiger partial charge in [-0.25, -0.2) is 8.42 Å². The van der Waals surface area contributed by atoms with Crippen molar-refractivity contribution in [2.24, 2.45) is 0 Å². The fourth-order valence-electron chi connectivity index (χ4n) is 2.54. The van der Waals surface area contributed by atoms with Gasteiger partial charge in [0.15, 0.2) is 0 Å². The Kier molecular flexibility index (Phi) is 5.36. The number of ether oxygens (including phenoxy) is 1. The Morgan fingerprint density at radius 1 is 1.24 bits per heavy atom. The van der Waals surface area contributed by atoms with Crippen LogP contribution < -0.4 is 4.72 Å². The van der Waals surface area contributed by atoms with Gasteiger partial charge < -0.3 is 4.74 Å². The molecule has 0 unspecified atom stereocenters. The summed E-state index contributed by atoms with van der Waals surface area (Å²) in [6.07, 6.45) is 4.60. The molecule has 0 fully saturated rings. The highest BCUT2D eigenvalue weighted by Gasteiger charge is 2.16. The molecule has 6 heteroatoms. The summed E-state index contributed by atoms with van der Waals surface area (Å²) in [6, 6.07) is 5.98. The van der Waals surface area contributed by atoms with Crippen molar-refractivity contribution in [2.45, 2.75) is 32.1 Å². The summed E-state index contributed by atoms with van der Waals surface area (Å²) >= 11 is 0. The molecule has 0 heterocycles. The van der Waals surface area contributed by atoms with Crippen molar-refractivity contribution in [2.75, 3.05) is 19.5 Å². The van der Waals surface area contributed by atoms with Crippen molar-refractivity contribution >= 4 is 15.9 Å². The molecule has 1 aromatic carbocycles. The van der Waals surface area contributed by atoms with Crippen molar-refractivity contribution in [1.29, 1.82) is 0 Å². The molecule has 2 rings (SSSR count). The van der Waals surface area contributed by atoms with Crippen LogP contribution in [0.4, 0.5) is 0 Å². The Morgan fingerprint density at radius 2 is 1.95 bits per heavy atom. The van der Waals surface area contributed by atoms with Crippen LogP contribution in [0.25, 0.3) is 0 Å². The number of sulfonamides is 1. The zero-order valence-corrected chi connectivity index (χ0v) is 13.0. The largest absolute Gasteiger partial charge is 0.384 e. The van der Waals surface area contributed by atoms with Crippen molar-refractivity contribution in [3.05, 3.63) is 34.9 Å². The molecule has 0 saturated heterocycles. The van der Waals surface area contributed by atoms with Gasteiger partial charge in [0, 0.05) is 7.11 Å². The third-order valence-corrected chi connectivity index (χ3v) is 4.85. The molecule has 1 N–H and O–H groups in total. The summed E-state index contributed by atoms with van der Waals surface area (Å²) in [5.74, 6) is -0.707. The highest BCUT2D eigenvalue weighted by Crippen LogP contribution is 2.22. The van der Waals surface area contributed by atoms with Crippen LogP contribution in [0.2, 0.25) is 0 Å². The zero-order chi connectivity index (χ0) is 15.3.